The van der Waals surface area contributed by atoms with E-state index in [-0.39, 0.29) is 21.6 Å². The van der Waals surface area contributed by atoms with Gasteiger partial charge in [0.25, 0.3) is 35.3 Å². The van der Waals surface area contributed by atoms with Crippen LogP contribution in [-0.2, 0) is 27.3 Å². The van der Waals surface area contributed by atoms with Crippen LogP contribution in [0.5, 0.6) is 5.88 Å². The Balaban J connectivity index is 0.000000126. The van der Waals surface area contributed by atoms with Crippen LogP contribution in [0.3, 0.4) is 0 Å². The van der Waals surface area contributed by atoms with Gasteiger partial charge in [0, 0.05) is 116 Å². The van der Waals surface area contributed by atoms with Crippen LogP contribution in [0.15, 0.2) is 347 Å². The number of primary sulfonamides is 1. The van der Waals surface area contributed by atoms with Gasteiger partial charge in [-0.25, -0.2) is 28.5 Å². The molecule has 21 rings (SSSR count). The topological polar surface area (TPSA) is 446 Å². The average Bonchev–Trinajstić information content (AvgIpc) is 1.32. The molecule has 33 nitrogen and oxygen atoms in total. The van der Waals surface area contributed by atoms with Crippen molar-refractivity contribution in [3.63, 3.8) is 0 Å². The molecule has 0 radical (unpaired) electrons. The highest BCUT2D eigenvalue weighted by Gasteiger charge is 2.25. The largest absolute Gasteiger partial charge is 0.619 e. The molecule has 0 amide bonds. The van der Waals surface area contributed by atoms with Crippen LogP contribution in [-0.4, -0.2) is 117 Å². The molecular weight excluding hydrogens is 1860 g/mol. The number of nitrogens with zero attached hydrogens (tertiary/aromatic N) is 21. The molecular formula is C107H94ClFN22O11S. The van der Waals surface area contributed by atoms with Crippen LogP contribution in [0, 0.1) is 52.7 Å². The number of aromatic nitrogens is 21. The average molecular weight is 1950 g/mol. The Kier molecular flexibility index (Phi) is 31.9. The molecule has 0 unspecified atom stereocenters. The summed E-state index contributed by atoms with van der Waals surface area (Å²) in [6, 6.07) is 78.9. The SMILES string of the molecule is CC(C)(C)c1cc(-c2nc(-c3ccc(S(N)(=O)=O)cc3)no2)cc(C(C)(C)C)c1.COc1cc(-c2nc(-c3ccc(C)cc3)no2)ccn1.Cc1ccc(-c2noc(-c3cc[n+]([O-])cc3)n2)cc1.Cc1ccc(-c2noc(-c3ccnc(Cl)c3)n2)cc1.Cc1ccc(-c2noc(-c3ccnc(F)c3)n2)cc1.Cc1ccc(-c2noc(-c3ccnnc3)n2)cc1.Cc1ccc(-c2noc(Cc3ccncc3)n2)cc1. The molecule has 0 aliphatic carbocycles. The molecule has 0 saturated heterocycles. The monoisotopic (exact) mass is 1950 g/mol. The number of rotatable bonds is 17. The van der Waals surface area contributed by atoms with E-state index >= 15 is 0 Å². The number of ether oxygens (including phenoxy) is 1. The van der Waals surface area contributed by atoms with E-state index in [1.54, 1.807) is 105 Å². The second-order valence-electron chi connectivity index (χ2n) is 34.5. The summed E-state index contributed by atoms with van der Waals surface area (Å²) < 4.78 is 78.5. The van der Waals surface area contributed by atoms with Crippen molar-refractivity contribution in [3.8, 4) is 154 Å². The summed E-state index contributed by atoms with van der Waals surface area (Å²) in [4.78, 5) is 46.1. The predicted molar refractivity (Wildman–Crippen MR) is 534 cm³/mol. The van der Waals surface area contributed by atoms with Crippen LogP contribution in [0.4, 0.5) is 4.39 Å². The van der Waals surface area contributed by atoms with Gasteiger partial charge in [-0.1, -0.05) is 274 Å². The number of methoxy groups -OCH3 is 1. The van der Waals surface area contributed by atoms with Crippen molar-refractivity contribution in [2.24, 2.45) is 5.14 Å². The molecule has 13 aromatic heterocycles. The summed E-state index contributed by atoms with van der Waals surface area (Å²) in [5.74, 6) is 6.69. The summed E-state index contributed by atoms with van der Waals surface area (Å²) in [7, 11) is -2.17. The second-order valence-corrected chi connectivity index (χ2v) is 36.5. The predicted octanol–water partition coefficient (Wildman–Crippen LogP) is 22.6. The van der Waals surface area contributed by atoms with Crippen molar-refractivity contribution in [1.82, 2.24) is 101 Å². The van der Waals surface area contributed by atoms with Crippen molar-refractivity contribution in [1.29, 1.82) is 0 Å². The van der Waals surface area contributed by atoms with Gasteiger partial charge >= 0.3 is 0 Å². The Labute approximate surface area is 826 Å². The Hall–Kier alpha value is -17.7. The lowest BCUT2D eigenvalue weighted by Crippen LogP contribution is -2.23. The van der Waals surface area contributed by atoms with E-state index < -0.39 is 16.0 Å². The number of halogens is 2. The van der Waals surface area contributed by atoms with Gasteiger partial charge < -0.3 is 41.6 Å². The van der Waals surface area contributed by atoms with Gasteiger partial charge in [-0.3, -0.25) is 4.98 Å². The minimum Gasteiger partial charge on any atom is -0.619 e. The number of hydrogen-bond acceptors (Lipinski definition) is 31. The maximum atomic E-state index is 13.0. The van der Waals surface area contributed by atoms with Gasteiger partial charge in [0.15, 0.2) is 12.4 Å². The van der Waals surface area contributed by atoms with Gasteiger partial charge in [-0.15, -0.1) is 0 Å². The lowest BCUT2D eigenvalue weighted by molar-refractivity contribution is -0.605. The first-order chi connectivity index (χ1) is 68.8. The Morgan fingerprint density at radius 2 is 0.678 bits per heavy atom. The van der Waals surface area contributed by atoms with E-state index in [9.17, 15) is 18.0 Å². The van der Waals surface area contributed by atoms with E-state index in [2.05, 4.69) is 168 Å². The molecule has 21 aromatic rings. The van der Waals surface area contributed by atoms with Crippen molar-refractivity contribution >= 4 is 21.6 Å². The quantitative estimate of drug-likeness (QED) is 0.0502. The number of sulfonamides is 1. The molecule has 0 atom stereocenters. The van der Waals surface area contributed by atoms with Crippen LogP contribution >= 0.6 is 11.6 Å². The second kappa shape index (κ2) is 45.7. The Bertz CT molecular complexity index is 7640. The fraction of sp³-hybridized carbons (Fsp3) is 0.150. The molecule has 2 N–H and O–H groups in total. The highest BCUT2D eigenvalue weighted by molar-refractivity contribution is 7.89. The van der Waals surface area contributed by atoms with Gasteiger partial charge in [-0.05, 0) is 148 Å². The smallest absolute Gasteiger partial charge is 0.259 e. The normalized spacial score (nSPS) is 11.0. The van der Waals surface area contributed by atoms with Crippen LogP contribution in [0.1, 0.15) is 97.5 Å². The third-order valence-electron chi connectivity index (χ3n) is 21.4. The van der Waals surface area contributed by atoms with Gasteiger partial charge in [0.2, 0.25) is 68.5 Å². The molecule has 8 aromatic carbocycles. The molecule has 13 heterocycles. The first kappa shape index (κ1) is 99.8. The molecule has 36 heteroatoms. The minimum absolute atomic E-state index is 0.0254. The Morgan fingerprint density at radius 1 is 0.350 bits per heavy atom. The first-order valence-electron chi connectivity index (χ1n) is 44.5. The van der Waals surface area contributed by atoms with Gasteiger partial charge in [0.1, 0.15) is 5.15 Å². The maximum Gasteiger partial charge on any atom is 0.259 e. The van der Waals surface area contributed by atoms with Crippen molar-refractivity contribution < 1.29 is 53.9 Å². The third kappa shape index (κ3) is 27.7. The summed E-state index contributed by atoms with van der Waals surface area (Å²) in [6.07, 6.45) is 14.7. The van der Waals surface area contributed by atoms with Crippen LogP contribution in [0.2, 0.25) is 5.15 Å². The lowest BCUT2D eigenvalue weighted by atomic mass is 9.79. The highest BCUT2D eigenvalue weighted by atomic mass is 35.5. The molecule has 0 aliphatic rings. The fourth-order valence-corrected chi connectivity index (χ4v) is 13.9. The lowest BCUT2D eigenvalue weighted by Gasteiger charge is -2.25. The number of aryl methyl sites for hydroxylation is 6. The van der Waals surface area contributed by atoms with Crippen LogP contribution < -0.4 is 14.6 Å². The van der Waals surface area contributed by atoms with Crippen molar-refractivity contribution in [3.05, 3.63) is 383 Å². The molecule has 0 aliphatic heterocycles. The minimum atomic E-state index is -3.74. The van der Waals surface area contributed by atoms with Gasteiger partial charge in [-0.2, -0.15) is 54.2 Å². The zero-order valence-corrected chi connectivity index (χ0v) is 81.3. The zero-order valence-electron chi connectivity index (χ0n) is 79.8. The Morgan fingerprint density at radius 3 is 1.03 bits per heavy atom. The molecule has 0 fully saturated rings. The zero-order chi connectivity index (χ0) is 101. The van der Waals surface area contributed by atoms with E-state index in [1.165, 1.54) is 75.7 Å². The molecule has 143 heavy (non-hydrogen) atoms. The standard InChI is InChI=1S/C22H27N3O3S.C15H13N3O2.C15H13N3O.C14H10ClN3O.C14H10FN3O.C14H11N3O2.C13H10N4O/c1-21(2,3)16-11-15(12-17(13-16)22(4,5)6)20-24-19(25-28-20)14-7-9-18(10-8-14)29(23,26)27;1-10-3-5-11(6-4-10)14-17-15(20-18-14)12-7-8-16-13(9-12)19-2;1-11-2-4-13(5-3-11)15-17-14(19-18-15)10-12-6-8-16-9-7-12;2*1-9-2-4-10(5-3-9)13-17-14(19-18-13)11-6-7-16-12(15)8-11;1-10-2-4-11(5-3-10)13-15-14(19-16-13)12-6-8-17(18)9-7-12;1-9-2-4-10(5-3-9)12-16-13(18-17-12)11-6-7-14-15-8-11/h7-13H,1-6H3,(H2,23,26,27);3-9H,1-2H3;2-9H,10H2,1H3;2*2-8H,1H3;2-9H,1H3;2-8H,1H3. The van der Waals surface area contributed by atoms with Crippen LogP contribution in [0.25, 0.3) is 148 Å². The number of pyridine rings is 5. The molecule has 0 spiro atoms. The summed E-state index contributed by atoms with van der Waals surface area (Å²) in [5, 5.41) is 51.8. The highest BCUT2D eigenvalue weighted by Crippen LogP contribution is 2.36. The molecule has 0 bridgehead atoms. The van der Waals surface area contributed by atoms with Crippen molar-refractivity contribution in [2.75, 3.05) is 7.11 Å². The molecule has 0 saturated carbocycles. The molecule has 718 valence electrons. The fourth-order valence-electron chi connectivity index (χ4n) is 13.2. The summed E-state index contributed by atoms with van der Waals surface area (Å²) in [5.41, 5.74) is 21.1. The number of nitrogens with two attached hydrogens (primary N) is 1. The van der Waals surface area contributed by atoms with E-state index in [0.29, 0.717) is 109 Å². The van der Waals surface area contributed by atoms with Crippen molar-refractivity contribution in [2.45, 2.75) is 105 Å². The summed E-state index contributed by atoms with van der Waals surface area (Å²) in [6.45, 7) is 25.2. The van der Waals surface area contributed by atoms with Gasteiger partial charge in [0.05, 0.1) is 41.9 Å². The number of benzene rings is 8. The first-order valence-corrected chi connectivity index (χ1v) is 46.4. The van der Waals surface area contributed by atoms with E-state index in [0.717, 1.165) is 72.3 Å². The maximum absolute atomic E-state index is 13.0. The number of hydrogen-bond donors (Lipinski definition) is 1. The third-order valence-corrected chi connectivity index (χ3v) is 22.5. The van der Waals surface area contributed by atoms with E-state index in [4.69, 9.17) is 53.1 Å². The summed E-state index contributed by atoms with van der Waals surface area (Å²) >= 11 is 5.83. The van der Waals surface area contributed by atoms with E-state index in [1.807, 2.05) is 192 Å².